The predicted molar refractivity (Wildman–Crippen MR) is 135 cm³/mol. The number of carbonyl (C=O) groups is 2. The molecule has 4 rings (SSSR count). The topological polar surface area (TPSA) is 91.0 Å². The molecule has 0 radical (unpaired) electrons. The van der Waals surface area contributed by atoms with Crippen molar-refractivity contribution in [1.82, 2.24) is 24.4 Å². The summed E-state index contributed by atoms with van der Waals surface area (Å²) in [5.41, 5.74) is 2.98. The monoisotopic (exact) mass is 477 g/mol. The van der Waals surface area contributed by atoms with Crippen molar-refractivity contribution in [3.05, 3.63) is 53.3 Å². The maximum absolute atomic E-state index is 13.6. The Morgan fingerprint density at radius 2 is 1.77 bits per heavy atom. The molecule has 0 unspecified atom stereocenters. The number of piperazine rings is 1. The zero-order valence-corrected chi connectivity index (χ0v) is 21.7. The lowest BCUT2D eigenvalue weighted by Gasteiger charge is -2.47. The Bertz CT molecular complexity index is 1270. The molecule has 0 spiro atoms. The first-order valence-electron chi connectivity index (χ1n) is 12.1. The molecule has 1 aromatic carbocycles. The molecule has 3 heterocycles. The zero-order valence-electron chi connectivity index (χ0n) is 21.7. The lowest BCUT2D eigenvalue weighted by Crippen LogP contribution is -2.64. The Balaban J connectivity index is 1.67. The Hall–Kier alpha value is -3.26. The molecule has 0 saturated carbocycles. The summed E-state index contributed by atoms with van der Waals surface area (Å²) in [5, 5.41) is 14.9. The molecule has 8 nitrogen and oxygen atoms in total. The average Bonchev–Trinajstić information content (AvgIpc) is 3.20. The highest BCUT2D eigenvalue weighted by molar-refractivity contribution is 5.94. The summed E-state index contributed by atoms with van der Waals surface area (Å²) in [6, 6.07) is 10.3. The molecule has 1 aliphatic rings. The van der Waals surface area contributed by atoms with Crippen LogP contribution in [0.2, 0.25) is 0 Å². The van der Waals surface area contributed by atoms with Crippen molar-refractivity contribution in [2.45, 2.75) is 65.5 Å². The highest BCUT2D eigenvalue weighted by atomic mass is 16.3. The lowest BCUT2D eigenvalue weighted by atomic mass is 9.96. The fourth-order valence-electron chi connectivity index (χ4n) is 4.62. The van der Waals surface area contributed by atoms with E-state index in [9.17, 15) is 14.7 Å². The Morgan fingerprint density at radius 1 is 1.11 bits per heavy atom. The molecule has 2 aromatic heterocycles. The minimum Gasteiger partial charge on any atom is -0.381 e. The number of carbonyl (C=O) groups excluding carboxylic acids is 2. The number of aryl methyl sites for hydroxylation is 1. The van der Waals surface area contributed by atoms with Crippen molar-refractivity contribution < 1.29 is 14.7 Å². The SMILES string of the molecule is Cc1ccc(-c2cc(C(C)C)c3nc(C(=O)N4CCN(C(=O)C(C)(C)O)CC4(C)C)cn3n2)cc1. The van der Waals surface area contributed by atoms with E-state index in [1.54, 1.807) is 20.5 Å². The van der Waals surface area contributed by atoms with E-state index in [1.807, 2.05) is 26.0 Å². The fraction of sp³-hybridized carbons (Fsp3) is 0.481. The van der Waals surface area contributed by atoms with Gasteiger partial charge in [0.25, 0.3) is 11.8 Å². The average molecular weight is 478 g/mol. The minimum atomic E-state index is -1.45. The van der Waals surface area contributed by atoms with Gasteiger partial charge in [-0.2, -0.15) is 5.10 Å². The van der Waals surface area contributed by atoms with Crippen LogP contribution in [0.1, 0.15) is 69.1 Å². The Kier molecular flexibility index (Phi) is 6.21. The van der Waals surface area contributed by atoms with Crippen LogP contribution in [0.15, 0.2) is 36.5 Å². The maximum atomic E-state index is 13.6. The van der Waals surface area contributed by atoms with Gasteiger partial charge in [0.05, 0.1) is 17.4 Å². The van der Waals surface area contributed by atoms with Crippen molar-refractivity contribution in [2.75, 3.05) is 19.6 Å². The summed E-state index contributed by atoms with van der Waals surface area (Å²) >= 11 is 0. The highest BCUT2D eigenvalue weighted by Crippen LogP contribution is 2.28. The van der Waals surface area contributed by atoms with Crippen LogP contribution in [0.4, 0.5) is 0 Å². The molecular formula is C27H35N5O3. The van der Waals surface area contributed by atoms with E-state index in [-0.39, 0.29) is 17.7 Å². The molecule has 3 aromatic rings. The number of benzene rings is 1. The number of aliphatic hydroxyl groups is 1. The summed E-state index contributed by atoms with van der Waals surface area (Å²) in [6.07, 6.45) is 1.70. The normalized spacial score (nSPS) is 16.3. The molecule has 1 aliphatic heterocycles. The molecule has 186 valence electrons. The highest BCUT2D eigenvalue weighted by Gasteiger charge is 2.42. The maximum Gasteiger partial charge on any atom is 0.274 e. The number of fused-ring (bicyclic) bond motifs is 1. The molecular weight excluding hydrogens is 442 g/mol. The largest absolute Gasteiger partial charge is 0.381 e. The molecule has 1 saturated heterocycles. The van der Waals surface area contributed by atoms with Gasteiger partial charge in [0.15, 0.2) is 5.65 Å². The number of nitrogens with zero attached hydrogens (tertiary/aromatic N) is 5. The van der Waals surface area contributed by atoms with Gasteiger partial charge < -0.3 is 14.9 Å². The molecule has 0 atom stereocenters. The molecule has 1 N–H and O–H groups in total. The number of rotatable bonds is 4. The third-order valence-corrected chi connectivity index (χ3v) is 6.60. The van der Waals surface area contributed by atoms with Gasteiger partial charge in [0, 0.05) is 30.8 Å². The third-order valence-electron chi connectivity index (χ3n) is 6.60. The van der Waals surface area contributed by atoms with Crippen molar-refractivity contribution in [3.8, 4) is 11.3 Å². The van der Waals surface area contributed by atoms with E-state index in [1.165, 1.54) is 19.4 Å². The van der Waals surface area contributed by atoms with E-state index in [2.05, 4.69) is 39.0 Å². The van der Waals surface area contributed by atoms with Gasteiger partial charge in [-0.1, -0.05) is 43.7 Å². The number of amides is 2. The summed E-state index contributed by atoms with van der Waals surface area (Å²) in [7, 11) is 0. The zero-order chi connectivity index (χ0) is 25.7. The van der Waals surface area contributed by atoms with Crippen LogP contribution < -0.4 is 0 Å². The van der Waals surface area contributed by atoms with Gasteiger partial charge in [-0.3, -0.25) is 9.59 Å². The second-order valence-electron chi connectivity index (χ2n) is 11.0. The van der Waals surface area contributed by atoms with Crippen LogP contribution in [-0.2, 0) is 4.79 Å². The van der Waals surface area contributed by atoms with E-state index in [0.717, 1.165) is 16.8 Å². The van der Waals surface area contributed by atoms with E-state index in [4.69, 9.17) is 10.1 Å². The van der Waals surface area contributed by atoms with Gasteiger partial charge in [-0.05, 0) is 46.6 Å². The van der Waals surface area contributed by atoms with Gasteiger partial charge in [-0.15, -0.1) is 0 Å². The first-order valence-corrected chi connectivity index (χ1v) is 12.1. The Labute approximate surface area is 206 Å². The lowest BCUT2D eigenvalue weighted by molar-refractivity contribution is -0.152. The van der Waals surface area contributed by atoms with Gasteiger partial charge in [0.2, 0.25) is 0 Å². The quantitative estimate of drug-likeness (QED) is 0.619. The summed E-state index contributed by atoms with van der Waals surface area (Å²) in [6.45, 7) is 14.1. The number of imidazole rings is 1. The van der Waals surface area contributed by atoms with Crippen molar-refractivity contribution in [1.29, 1.82) is 0 Å². The van der Waals surface area contributed by atoms with Crippen LogP contribution in [-0.4, -0.2) is 72.1 Å². The molecule has 35 heavy (non-hydrogen) atoms. The first kappa shape index (κ1) is 24.9. The van der Waals surface area contributed by atoms with Crippen LogP contribution >= 0.6 is 0 Å². The molecule has 0 aliphatic carbocycles. The number of hydrogen-bond donors (Lipinski definition) is 1. The second-order valence-corrected chi connectivity index (χ2v) is 11.0. The standard InChI is InChI=1S/C27H35N5O3/c1-17(2)20-14-21(19-10-8-18(3)9-11-19)29-32-15-22(28-23(20)32)24(33)31-13-12-30(16-26(31,4)5)25(34)27(6,7)35/h8-11,14-15,17,35H,12-13,16H2,1-7H3. The summed E-state index contributed by atoms with van der Waals surface area (Å²) in [4.78, 5) is 34.3. The van der Waals surface area contributed by atoms with E-state index in [0.29, 0.717) is 31.0 Å². The van der Waals surface area contributed by atoms with E-state index < -0.39 is 11.1 Å². The minimum absolute atomic E-state index is 0.192. The van der Waals surface area contributed by atoms with Gasteiger partial charge in [0.1, 0.15) is 11.3 Å². The van der Waals surface area contributed by atoms with Crippen LogP contribution in [0, 0.1) is 6.92 Å². The van der Waals surface area contributed by atoms with Crippen molar-refractivity contribution in [2.24, 2.45) is 0 Å². The Morgan fingerprint density at radius 3 is 2.34 bits per heavy atom. The number of hydrogen-bond acceptors (Lipinski definition) is 5. The summed E-state index contributed by atoms with van der Waals surface area (Å²) < 4.78 is 1.71. The molecule has 0 bridgehead atoms. The fourth-order valence-corrected chi connectivity index (χ4v) is 4.62. The smallest absolute Gasteiger partial charge is 0.274 e. The number of aromatic nitrogens is 3. The molecule has 1 fully saturated rings. The molecule has 8 heteroatoms. The third kappa shape index (κ3) is 4.80. The van der Waals surface area contributed by atoms with Crippen molar-refractivity contribution in [3.63, 3.8) is 0 Å². The van der Waals surface area contributed by atoms with Crippen molar-refractivity contribution >= 4 is 17.5 Å². The predicted octanol–water partition coefficient (Wildman–Crippen LogP) is 3.66. The first-order chi connectivity index (χ1) is 16.3. The second kappa shape index (κ2) is 8.75. The van der Waals surface area contributed by atoms with Crippen LogP contribution in [0.25, 0.3) is 16.9 Å². The van der Waals surface area contributed by atoms with E-state index >= 15 is 0 Å². The van der Waals surface area contributed by atoms with Crippen LogP contribution in [0.5, 0.6) is 0 Å². The van der Waals surface area contributed by atoms with Gasteiger partial charge in [-0.25, -0.2) is 9.50 Å². The summed E-state index contributed by atoms with van der Waals surface area (Å²) in [5.74, 6) is -0.329. The van der Waals surface area contributed by atoms with Crippen LogP contribution in [0.3, 0.4) is 0 Å². The van der Waals surface area contributed by atoms with Gasteiger partial charge >= 0.3 is 0 Å². The molecule has 2 amide bonds.